The first-order valence-corrected chi connectivity index (χ1v) is 7.64. The number of nitrogens with zero attached hydrogens (tertiary/aromatic N) is 2. The monoisotopic (exact) mass is 357 g/mol. The van der Waals surface area contributed by atoms with E-state index in [0.29, 0.717) is 37.7 Å². The summed E-state index contributed by atoms with van der Waals surface area (Å²) in [5.41, 5.74) is 0.230. The van der Waals surface area contributed by atoms with Crippen LogP contribution in [0.25, 0.3) is 0 Å². The smallest absolute Gasteiger partial charge is 0.350 e. The first kappa shape index (κ1) is 15.9. The molecule has 2 heterocycles. The topological polar surface area (TPSA) is 76.9 Å². The van der Waals surface area contributed by atoms with E-state index in [9.17, 15) is 10.1 Å². The molecule has 3 rings (SSSR count). The zero-order valence-electron chi connectivity index (χ0n) is 11.9. The molecule has 0 spiro atoms. The SMILES string of the molecule is O=[N+]([O-])C(=C1\Nc2ccccc2O1)/C(Cl)=C(\Cl)N1CCOCC1. The Morgan fingerprint density at radius 3 is 2.61 bits per heavy atom. The molecule has 0 saturated carbocycles. The van der Waals surface area contributed by atoms with Crippen LogP contribution in [0.2, 0.25) is 0 Å². The highest BCUT2D eigenvalue weighted by atomic mass is 35.5. The summed E-state index contributed by atoms with van der Waals surface area (Å²) in [5, 5.41) is 14.3. The molecule has 1 N–H and O–H groups in total. The van der Waals surface area contributed by atoms with Crippen LogP contribution >= 0.6 is 23.2 Å². The van der Waals surface area contributed by atoms with E-state index in [-0.39, 0.29) is 16.1 Å². The van der Waals surface area contributed by atoms with Crippen molar-refractivity contribution in [2.75, 3.05) is 31.6 Å². The van der Waals surface area contributed by atoms with Crippen molar-refractivity contribution in [2.45, 2.75) is 0 Å². The highest BCUT2D eigenvalue weighted by Gasteiger charge is 2.33. The van der Waals surface area contributed by atoms with E-state index in [2.05, 4.69) is 5.32 Å². The van der Waals surface area contributed by atoms with Gasteiger partial charge in [-0.05, 0) is 12.1 Å². The lowest BCUT2D eigenvalue weighted by Crippen LogP contribution is -2.34. The second kappa shape index (κ2) is 6.66. The number of fused-ring (bicyclic) bond motifs is 1. The summed E-state index contributed by atoms with van der Waals surface area (Å²) in [6, 6.07) is 7.02. The van der Waals surface area contributed by atoms with Gasteiger partial charge in [-0.15, -0.1) is 0 Å². The van der Waals surface area contributed by atoms with Crippen LogP contribution in [-0.4, -0.2) is 36.1 Å². The van der Waals surface area contributed by atoms with Gasteiger partial charge in [0.25, 0.3) is 5.88 Å². The van der Waals surface area contributed by atoms with E-state index in [0.717, 1.165) is 0 Å². The Morgan fingerprint density at radius 2 is 1.96 bits per heavy atom. The van der Waals surface area contributed by atoms with Crippen LogP contribution in [-0.2, 0) is 4.74 Å². The summed E-state index contributed by atoms with van der Waals surface area (Å²) in [5.74, 6) is 0.446. The van der Waals surface area contributed by atoms with Crippen LogP contribution in [0.3, 0.4) is 0 Å². The fourth-order valence-corrected chi connectivity index (χ4v) is 2.82. The molecule has 2 aliphatic rings. The number of para-hydroxylation sites is 2. The second-order valence-corrected chi connectivity index (χ2v) is 5.60. The van der Waals surface area contributed by atoms with Crippen molar-refractivity contribution >= 4 is 28.9 Å². The zero-order valence-corrected chi connectivity index (χ0v) is 13.4. The molecule has 0 bridgehead atoms. The molecule has 1 aromatic rings. The number of nitrogens with one attached hydrogen (secondary N) is 1. The predicted octanol–water partition coefficient (Wildman–Crippen LogP) is 2.92. The van der Waals surface area contributed by atoms with E-state index < -0.39 is 10.6 Å². The number of benzene rings is 1. The molecule has 0 atom stereocenters. The van der Waals surface area contributed by atoms with Crippen molar-refractivity contribution < 1.29 is 14.4 Å². The molecule has 23 heavy (non-hydrogen) atoms. The molecule has 1 aromatic carbocycles. The number of rotatable bonds is 3. The highest BCUT2D eigenvalue weighted by Crippen LogP contribution is 2.37. The quantitative estimate of drug-likeness (QED) is 0.509. The summed E-state index contributed by atoms with van der Waals surface area (Å²) < 4.78 is 10.7. The first-order chi connectivity index (χ1) is 11.1. The molecule has 2 aliphatic heterocycles. The molecule has 1 saturated heterocycles. The standard InChI is InChI=1S/C14H13Cl2N3O4/c15-11(13(16)18-5-7-22-8-6-18)12(19(20)21)14-17-9-3-1-2-4-10(9)23-14/h1-4,17H,5-8H2/b13-11-,14-12+. The average molecular weight is 358 g/mol. The molecular formula is C14H13Cl2N3O4. The van der Waals surface area contributed by atoms with Crippen molar-refractivity contribution in [1.29, 1.82) is 0 Å². The highest BCUT2D eigenvalue weighted by molar-refractivity contribution is 6.40. The Labute approximate surface area is 142 Å². The number of hydrogen-bond donors (Lipinski definition) is 1. The fraction of sp³-hybridized carbons (Fsp3) is 0.286. The van der Waals surface area contributed by atoms with Crippen LogP contribution in [0.4, 0.5) is 5.69 Å². The molecule has 0 unspecified atom stereocenters. The van der Waals surface area contributed by atoms with Gasteiger partial charge in [0.1, 0.15) is 5.16 Å². The van der Waals surface area contributed by atoms with Crippen molar-refractivity contribution in [3.8, 4) is 5.75 Å². The minimum Gasteiger partial charge on any atom is -0.433 e. The summed E-state index contributed by atoms with van der Waals surface area (Å²) in [6.07, 6.45) is 0. The van der Waals surface area contributed by atoms with Gasteiger partial charge in [-0.25, -0.2) is 0 Å². The van der Waals surface area contributed by atoms with Gasteiger partial charge in [0.05, 0.1) is 23.8 Å². The van der Waals surface area contributed by atoms with E-state index in [1.807, 2.05) is 0 Å². The zero-order chi connectivity index (χ0) is 16.4. The normalized spacial score (nSPS) is 20.2. The number of morpholine rings is 1. The minimum atomic E-state index is -0.612. The number of hydrogen-bond acceptors (Lipinski definition) is 6. The maximum absolute atomic E-state index is 11.5. The summed E-state index contributed by atoms with van der Waals surface area (Å²) in [6.45, 7) is 2.02. The summed E-state index contributed by atoms with van der Waals surface area (Å²) in [7, 11) is 0. The molecule has 0 aromatic heterocycles. The summed E-state index contributed by atoms with van der Waals surface area (Å²) >= 11 is 12.4. The predicted molar refractivity (Wildman–Crippen MR) is 85.8 cm³/mol. The van der Waals surface area contributed by atoms with E-state index in [4.69, 9.17) is 32.7 Å². The fourth-order valence-electron chi connectivity index (χ4n) is 2.28. The van der Waals surface area contributed by atoms with E-state index >= 15 is 0 Å². The lowest BCUT2D eigenvalue weighted by molar-refractivity contribution is -0.422. The Balaban J connectivity index is 1.96. The molecule has 9 heteroatoms. The van der Waals surface area contributed by atoms with Crippen molar-refractivity contribution in [1.82, 2.24) is 4.90 Å². The third kappa shape index (κ3) is 3.21. The van der Waals surface area contributed by atoms with Gasteiger partial charge in [0, 0.05) is 13.1 Å². The minimum absolute atomic E-state index is 0.0485. The largest absolute Gasteiger partial charge is 0.433 e. The van der Waals surface area contributed by atoms with Crippen LogP contribution < -0.4 is 10.1 Å². The third-order valence-corrected chi connectivity index (χ3v) is 4.31. The maximum Gasteiger partial charge on any atom is 0.350 e. The van der Waals surface area contributed by atoms with Crippen molar-refractivity contribution in [3.63, 3.8) is 0 Å². The maximum atomic E-state index is 11.5. The van der Waals surface area contributed by atoms with Gasteiger partial charge in [-0.3, -0.25) is 10.1 Å². The van der Waals surface area contributed by atoms with Gasteiger partial charge in [0.15, 0.2) is 10.8 Å². The lowest BCUT2D eigenvalue weighted by Gasteiger charge is -2.28. The third-order valence-electron chi connectivity index (χ3n) is 3.42. The van der Waals surface area contributed by atoms with Gasteiger partial charge in [-0.1, -0.05) is 35.3 Å². The Hall–Kier alpha value is -1.96. The first-order valence-electron chi connectivity index (χ1n) is 6.89. The Kier molecular flexibility index (Phi) is 4.61. The molecule has 1 fully saturated rings. The number of halogens is 2. The number of ether oxygens (including phenoxy) is 2. The number of anilines is 1. The van der Waals surface area contributed by atoms with Gasteiger partial charge in [0.2, 0.25) is 0 Å². The van der Waals surface area contributed by atoms with Crippen LogP contribution in [0.5, 0.6) is 5.75 Å². The molecule has 122 valence electrons. The van der Waals surface area contributed by atoms with Crippen molar-refractivity contribution in [2.24, 2.45) is 0 Å². The summed E-state index contributed by atoms with van der Waals surface area (Å²) in [4.78, 5) is 12.6. The molecular weight excluding hydrogens is 345 g/mol. The van der Waals surface area contributed by atoms with Gasteiger partial charge < -0.3 is 19.7 Å². The molecule has 0 amide bonds. The number of nitro groups is 1. The number of allylic oxidation sites excluding steroid dienone is 1. The Morgan fingerprint density at radius 1 is 1.26 bits per heavy atom. The van der Waals surface area contributed by atoms with E-state index in [1.165, 1.54) is 0 Å². The van der Waals surface area contributed by atoms with Crippen LogP contribution in [0, 0.1) is 10.1 Å². The molecule has 0 radical (unpaired) electrons. The van der Waals surface area contributed by atoms with Crippen LogP contribution in [0.1, 0.15) is 0 Å². The lowest BCUT2D eigenvalue weighted by atomic mass is 10.3. The van der Waals surface area contributed by atoms with Crippen LogP contribution in [0.15, 0.2) is 46.0 Å². The van der Waals surface area contributed by atoms with Gasteiger partial charge >= 0.3 is 5.70 Å². The van der Waals surface area contributed by atoms with E-state index in [1.54, 1.807) is 29.2 Å². The molecule has 0 aliphatic carbocycles. The molecule has 7 nitrogen and oxygen atoms in total. The van der Waals surface area contributed by atoms with Gasteiger partial charge in [-0.2, -0.15) is 0 Å². The average Bonchev–Trinajstić information content (AvgIpc) is 2.98. The Bertz CT molecular complexity index is 672. The van der Waals surface area contributed by atoms with Crippen molar-refractivity contribution in [3.05, 3.63) is 56.1 Å². The second-order valence-electron chi connectivity index (χ2n) is 4.86.